The molecule has 0 aromatic rings. The van der Waals surface area contributed by atoms with E-state index < -0.39 is 70.6 Å². The third-order valence-electron chi connectivity index (χ3n) is 6.61. The van der Waals surface area contributed by atoms with E-state index in [2.05, 4.69) is 0 Å². The van der Waals surface area contributed by atoms with Gasteiger partial charge in [0.25, 0.3) is 0 Å². The third-order valence-corrected chi connectivity index (χ3v) is 6.61. The lowest BCUT2D eigenvalue weighted by atomic mass is 9.55. The van der Waals surface area contributed by atoms with Crippen molar-refractivity contribution in [3.63, 3.8) is 0 Å². The van der Waals surface area contributed by atoms with E-state index in [1.165, 1.54) is 0 Å². The molecule has 0 amide bonds. The molecule has 2 bridgehead atoms. The molecule has 4 unspecified atom stereocenters. The van der Waals surface area contributed by atoms with Gasteiger partial charge in [-0.2, -0.15) is 0 Å². The van der Waals surface area contributed by atoms with Gasteiger partial charge in [-0.1, -0.05) is 12.2 Å². The zero-order valence-electron chi connectivity index (χ0n) is 14.0. The molecule has 10 nitrogen and oxygen atoms in total. The predicted molar refractivity (Wildman–Crippen MR) is 82.6 cm³/mol. The molecule has 2 aliphatic carbocycles. The van der Waals surface area contributed by atoms with Crippen LogP contribution >= 0.6 is 0 Å². The van der Waals surface area contributed by atoms with Crippen LogP contribution in [-0.4, -0.2) is 69.7 Å². The van der Waals surface area contributed by atoms with E-state index in [-0.39, 0.29) is 13.2 Å². The maximum Gasteiger partial charge on any atom is 0.324 e. The standard InChI is InChI=1S/C17H18O10/c18-12(19)16(13(20)21,8-4-26-8)10-6-1-2-7(3-6)11(10)17(14(22)23,15(24)25)9-5-27-9/h1-2,6-11H,3-5H2,(H,18,19)(H,20,21)(H,22,23)(H,24,25)/t6-,7+,8?,9?,10?,11?. The largest absolute Gasteiger partial charge is 0.480 e. The Morgan fingerprint density at radius 1 is 0.704 bits per heavy atom. The Bertz CT molecular complexity index is 672. The first kappa shape index (κ1) is 17.9. The summed E-state index contributed by atoms with van der Waals surface area (Å²) in [4.78, 5) is 48.8. The fourth-order valence-corrected chi connectivity index (χ4v) is 5.42. The van der Waals surface area contributed by atoms with Gasteiger partial charge in [-0.15, -0.1) is 0 Å². The Balaban J connectivity index is 1.93. The molecule has 2 saturated heterocycles. The van der Waals surface area contributed by atoms with Crippen LogP contribution in [0.1, 0.15) is 6.42 Å². The number of carbonyl (C=O) groups is 4. The minimum atomic E-state index is -2.42. The number of hydrogen-bond acceptors (Lipinski definition) is 6. The zero-order valence-corrected chi connectivity index (χ0v) is 14.0. The van der Waals surface area contributed by atoms with Crippen LogP contribution in [-0.2, 0) is 28.7 Å². The van der Waals surface area contributed by atoms with Crippen LogP contribution in [0.4, 0.5) is 0 Å². The molecule has 146 valence electrons. The van der Waals surface area contributed by atoms with Crippen molar-refractivity contribution < 1.29 is 49.1 Å². The molecular weight excluding hydrogens is 364 g/mol. The predicted octanol–water partition coefficient (Wildman–Crippen LogP) is -0.466. The first-order valence-corrected chi connectivity index (χ1v) is 8.55. The van der Waals surface area contributed by atoms with Crippen molar-refractivity contribution in [2.75, 3.05) is 13.2 Å². The van der Waals surface area contributed by atoms with Gasteiger partial charge in [-0.25, -0.2) is 0 Å². The SMILES string of the molecule is O=C(O)C(C(=O)O)(C1CO1)C1C(C(C(=O)O)(C(=O)O)C2CO2)[C@H]2C=C[C@@H]1C2. The smallest absolute Gasteiger partial charge is 0.324 e. The molecule has 1 saturated carbocycles. The number of carboxylic acids is 4. The minimum Gasteiger partial charge on any atom is -0.480 e. The average Bonchev–Trinajstić information content (AvgIpc) is 3.49. The minimum absolute atomic E-state index is 0.0873. The molecule has 0 aromatic heterocycles. The summed E-state index contributed by atoms with van der Waals surface area (Å²) in [7, 11) is 0. The molecular formula is C17H18O10. The van der Waals surface area contributed by atoms with E-state index in [9.17, 15) is 39.6 Å². The number of carboxylic acid groups (broad SMARTS) is 4. The molecule has 4 aliphatic rings. The highest BCUT2D eigenvalue weighted by Gasteiger charge is 2.77. The number of allylic oxidation sites excluding steroid dienone is 2. The first-order chi connectivity index (χ1) is 12.7. The number of fused-ring (bicyclic) bond motifs is 2. The summed E-state index contributed by atoms with van der Waals surface area (Å²) in [5, 5.41) is 39.6. The van der Waals surface area contributed by atoms with Crippen molar-refractivity contribution in [1.29, 1.82) is 0 Å². The van der Waals surface area contributed by atoms with Crippen LogP contribution in [0.2, 0.25) is 0 Å². The molecule has 4 rings (SSSR count). The summed E-state index contributed by atoms with van der Waals surface area (Å²) in [5.74, 6) is -10.2. The Morgan fingerprint density at radius 2 is 1.00 bits per heavy atom. The maximum absolute atomic E-state index is 12.2. The summed E-state index contributed by atoms with van der Waals surface area (Å²) >= 11 is 0. The molecule has 4 N–H and O–H groups in total. The fraction of sp³-hybridized carbons (Fsp3) is 0.647. The second-order valence-electron chi connectivity index (χ2n) is 7.60. The monoisotopic (exact) mass is 382 g/mol. The summed E-state index contributed by atoms with van der Waals surface area (Å²) < 4.78 is 10.1. The number of epoxide rings is 2. The van der Waals surface area contributed by atoms with Gasteiger partial charge in [-0.05, 0) is 30.1 Å². The Hall–Kier alpha value is -2.46. The van der Waals surface area contributed by atoms with E-state index in [4.69, 9.17) is 9.47 Å². The molecule has 6 atom stereocenters. The summed E-state index contributed by atoms with van der Waals surface area (Å²) in [6, 6.07) is 0. The first-order valence-electron chi connectivity index (χ1n) is 8.55. The lowest BCUT2D eigenvalue weighted by Crippen LogP contribution is -2.61. The van der Waals surface area contributed by atoms with E-state index in [0.29, 0.717) is 6.42 Å². The highest BCUT2D eigenvalue weighted by atomic mass is 16.6. The summed E-state index contributed by atoms with van der Waals surface area (Å²) in [6.07, 6.45) is 1.37. The lowest BCUT2D eigenvalue weighted by Gasteiger charge is -2.44. The van der Waals surface area contributed by atoms with Gasteiger partial charge in [0.15, 0.2) is 10.8 Å². The number of rotatable bonds is 8. The molecule has 2 aliphatic heterocycles. The third kappa shape index (κ3) is 2.08. The molecule has 2 heterocycles. The molecule has 0 aromatic carbocycles. The Morgan fingerprint density at radius 3 is 1.22 bits per heavy atom. The van der Waals surface area contributed by atoms with Crippen molar-refractivity contribution in [3.05, 3.63) is 12.2 Å². The normalized spacial score (nSPS) is 36.4. The van der Waals surface area contributed by atoms with Gasteiger partial charge in [0.05, 0.1) is 13.2 Å². The number of ether oxygens (including phenoxy) is 2. The van der Waals surface area contributed by atoms with Gasteiger partial charge in [0, 0.05) is 0 Å². The van der Waals surface area contributed by atoms with Crippen LogP contribution in [0, 0.1) is 34.5 Å². The Labute approximate surface area is 152 Å². The van der Waals surface area contributed by atoms with E-state index in [0.717, 1.165) is 0 Å². The van der Waals surface area contributed by atoms with Crippen LogP contribution in [0.5, 0.6) is 0 Å². The second kappa shape index (κ2) is 5.52. The highest BCUT2D eigenvalue weighted by Crippen LogP contribution is 2.64. The molecule has 10 heteroatoms. The van der Waals surface area contributed by atoms with Gasteiger partial charge >= 0.3 is 23.9 Å². The summed E-state index contributed by atoms with van der Waals surface area (Å²) in [6.45, 7) is -0.175. The van der Waals surface area contributed by atoms with E-state index in [1.54, 1.807) is 12.2 Å². The van der Waals surface area contributed by atoms with E-state index >= 15 is 0 Å². The van der Waals surface area contributed by atoms with Crippen molar-refractivity contribution in [1.82, 2.24) is 0 Å². The average molecular weight is 382 g/mol. The second-order valence-corrected chi connectivity index (χ2v) is 7.60. The number of hydrogen-bond donors (Lipinski definition) is 4. The van der Waals surface area contributed by atoms with Crippen molar-refractivity contribution in [2.24, 2.45) is 34.5 Å². The van der Waals surface area contributed by atoms with Gasteiger partial charge < -0.3 is 29.9 Å². The highest BCUT2D eigenvalue weighted by molar-refractivity contribution is 6.02. The number of aliphatic carboxylic acids is 4. The van der Waals surface area contributed by atoms with Gasteiger partial charge in [0.1, 0.15) is 12.2 Å². The lowest BCUT2D eigenvalue weighted by molar-refractivity contribution is -0.187. The fourth-order valence-electron chi connectivity index (χ4n) is 5.42. The van der Waals surface area contributed by atoms with E-state index in [1.807, 2.05) is 0 Å². The van der Waals surface area contributed by atoms with Crippen molar-refractivity contribution in [3.8, 4) is 0 Å². The molecule has 3 fully saturated rings. The maximum atomic E-state index is 12.2. The van der Waals surface area contributed by atoms with Gasteiger partial charge in [0.2, 0.25) is 0 Å². The molecule has 27 heavy (non-hydrogen) atoms. The van der Waals surface area contributed by atoms with Crippen LogP contribution in [0.3, 0.4) is 0 Å². The summed E-state index contributed by atoms with van der Waals surface area (Å²) in [5.41, 5.74) is -4.83. The van der Waals surface area contributed by atoms with Crippen LogP contribution in [0.15, 0.2) is 12.2 Å². The zero-order chi connectivity index (χ0) is 19.7. The van der Waals surface area contributed by atoms with Gasteiger partial charge in [-0.3, -0.25) is 19.2 Å². The molecule has 0 radical (unpaired) electrons. The van der Waals surface area contributed by atoms with Crippen molar-refractivity contribution >= 4 is 23.9 Å². The Kier molecular flexibility index (Phi) is 3.67. The van der Waals surface area contributed by atoms with Crippen LogP contribution < -0.4 is 0 Å². The topological polar surface area (TPSA) is 174 Å². The van der Waals surface area contributed by atoms with Crippen molar-refractivity contribution in [2.45, 2.75) is 18.6 Å². The molecule has 0 spiro atoms. The quantitative estimate of drug-likeness (QED) is 0.244. The van der Waals surface area contributed by atoms with Crippen LogP contribution in [0.25, 0.3) is 0 Å².